The highest BCUT2D eigenvalue weighted by Gasteiger charge is 2.38. The van der Waals surface area contributed by atoms with Crippen molar-refractivity contribution in [1.29, 1.82) is 0 Å². The molecule has 1 aromatic carbocycles. The van der Waals surface area contributed by atoms with E-state index in [-0.39, 0.29) is 18.6 Å². The summed E-state index contributed by atoms with van der Waals surface area (Å²) in [6.45, 7) is 4.28. The molecule has 18 heavy (non-hydrogen) atoms. The number of azo groups is 1. The first kappa shape index (κ1) is 12.7. The minimum absolute atomic E-state index is 0.0327. The van der Waals surface area contributed by atoms with E-state index in [0.29, 0.717) is 12.5 Å². The fourth-order valence-corrected chi connectivity index (χ4v) is 1.89. The Labute approximate surface area is 107 Å². The number of benzene rings is 1. The normalized spacial score (nSPS) is 22.1. The molecule has 1 aliphatic rings. The molecule has 96 valence electrons. The summed E-state index contributed by atoms with van der Waals surface area (Å²) in [5, 5.41) is 8.06. The molecule has 1 aromatic rings. The van der Waals surface area contributed by atoms with E-state index in [1.54, 1.807) is 6.92 Å². The Morgan fingerprint density at radius 2 is 2.11 bits per heavy atom. The minimum atomic E-state index is -0.311. The number of nitrogens with zero attached hydrogens (tertiary/aromatic N) is 2. The van der Waals surface area contributed by atoms with E-state index in [9.17, 15) is 4.79 Å². The van der Waals surface area contributed by atoms with E-state index in [1.165, 1.54) is 11.1 Å². The Balaban J connectivity index is 1.79. The van der Waals surface area contributed by atoms with Gasteiger partial charge in [0.05, 0.1) is 12.6 Å². The van der Waals surface area contributed by atoms with Gasteiger partial charge in [0.15, 0.2) is 6.54 Å². The molecule has 0 aromatic heterocycles. The summed E-state index contributed by atoms with van der Waals surface area (Å²) in [4.78, 5) is 11.1. The number of aryl methyl sites for hydroxylation is 1. The quantitative estimate of drug-likeness (QED) is 0.592. The van der Waals surface area contributed by atoms with Crippen LogP contribution >= 0.6 is 0 Å². The number of esters is 1. The molecule has 1 fully saturated rings. The first-order valence-corrected chi connectivity index (χ1v) is 6.29. The molecular weight excluding hydrogens is 228 g/mol. The summed E-state index contributed by atoms with van der Waals surface area (Å²) in [6.07, 6.45) is 1.02. The van der Waals surface area contributed by atoms with Crippen molar-refractivity contribution in [3.8, 4) is 0 Å². The van der Waals surface area contributed by atoms with Crippen LogP contribution in [0, 0.1) is 6.92 Å². The second-order valence-corrected chi connectivity index (χ2v) is 4.54. The topological polar surface area (TPSA) is 51.0 Å². The van der Waals surface area contributed by atoms with Gasteiger partial charge in [0, 0.05) is 5.92 Å². The van der Waals surface area contributed by atoms with E-state index in [1.807, 2.05) is 0 Å². The summed E-state index contributed by atoms with van der Waals surface area (Å²) in [5.41, 5.74) is 2.57. The Morgan fingerprint density at radius 3 is 2.78 bits per heavy atom. The number of hydrogen-bond donors (Lipinski definition) is 0. The predicted molar refractivity (Wildman–Crippen MR) is 68.7 cm³/mol. The van der Waals surface area contributed by atoms with Crippen LogP contribution in [-0.4, -0.2) is 25.2 Å². The van der Waals surface area contributed by atoms with Crippen molar-refractivity contribution in [3.63, 3.8) is 0 Å². The van der Waals surface area contributed by atoms with Gasteiger partial charge in [-0.05, 0) is 25.8 Å². The van der Waals surface area contributed by atoms with Crippen molar-refractivity contribution in [3.05, 3.63) is 35.4 Å². The lowest BCUT2D eigenvalue weighted by Crippen LogP contribution is -2.07. The molecule has 4 nitrogen and oxygen atoms in total. The summed E-state index contributed by atoms with van der Waals surface area (Å²) >= 11 is 0. The molecule has 0 amide bonds. The molecule has 0 heterocycles. The third-order valence-electron chi connectivity index (χ3n) is 3.00. The Kier molecular flexibility index (Phi) is 4.07. The van der Waals surface area contributed by atoms with Crippen LogP contribution in [0.1, 0.15) is 30.4 Å². The molecule has 4 heteroatoms. The first-order chi connectivity index (χ1) is 8.70. The van der Waals surface area contributed by atoms with Crippen LogP contribution in [0.2, 0.25) is 0 Å². The molecule has 0 bridgehead atoms. The van der Waals surface area contributed by atoms with Gasteiger partial charge in [-0.25, -0.2) is 4.79 Å². The summed E-state index contributed by atoms with van der Waals surface area (Å²) in [7, 11) is 0. The first-order valence-electron chi connectivity index (χ1n) is 6.29. The Hall–Kier alpha value is -1.71. The van der Waals surface area contributed by atoms with Gasteiger partial charge in [0.25, 0.3) is 0 Å². The molecule has 1 saturated carbocycles. The number of carbonyl (C=O) groups excluding carboxylic acids is 1. The maximum absolute atomic E-state index is 11.1. The molecule has 0 spiro atoms. The molecular formula is C14H18N2O2. The van der Waals surface area contributed by atoms with Gasteiger partial charge < -0.3 is 4.74 Å². The average molecular weight is 246 g/mol. The van der Waals surface area contributed by atoms with E-state index < -0.39 is 0 Å². The van der Waals surface area contributed by atoms with Crippen LogP contribution in [0.4, 0.5) is 0 Å². The van der Waals surface area contributed by atoms with Crippen molar-refractivity contribution in [2.75, 3.05) is 13.2 Å². The van der Waals surface area contributed by atoms with Crippen molar-refractivity contribution in [2.45, 2.75) is 32.2 Å². The van der Waals surface area contributed by atoms with Crippen molar-refractivity contribution in [1.82, 2.24) is 0 Å². The van der Waals surface area contributed by atoms with Crippen LogP contribution in [0.3, 0.4) is 0 Å². The van der Waals surface area contributed by atoms with E-state index in [2.05, 4.69) is 41.4 Å². The fraction of sp³-hybridized carbons (Fsp3) is 0.500. The average Bonchev–Trinajstić information content (AvgIpc) is 3.10. The maximum Gasteiger partial charge on any atom is 0.329 e. The molecule has 2 atom stereocenters. The third kappa shape index (κ3) is 3.39. The molecule has 0 unspecified atom stereocenters. The summed E-state index contributed by atoms with van der Waals surface area (Å²) in [5.74, 6) is 0.158. The largest absolute Gasteiger partial charge is 0.465 e. The fourth-order valence-electron chi connectivity index (χ4n) is 1.89. The molecule has 0 N–H and O–H groups in total. The monoisotopic (exact) mass is 246 g/mol. The standard InChI is InChI=1S/C14H18N2O2/c1-3-18-14(17)9-15-16-13-8-12(13)11-6-4-10(2)5-7-11/h4-7,12-13H,3,8-9H2,1-2H3/t12-,13-/m1/s1. The second-order valence-electron chi connectivity index (χ2n) is 4.54. The highest BCUT2D eigenvalue weighted by atomic mass is 16.5. The van der Waals surface area contributed by atoms with Crippen LogP contribution in [0.25, 0.3) is 0 Å². The zero-order valence-electron chi connectivity index (χ0n) is 10.8. The number of carbonyl (C=O) groups is 1. The molecule has 1 aliphatic carbocycles. The highest BCUT2D eigenvalue weighted by Crippen LogP contribution is 2.43. The third-order valence-corrected chi connectivity index (χ3v) is 3.00. The number of hydrogen-bond acceptors (Lipinski definition) is 4. The van der Waals surface area contributed by atoms with Crippen molar-refractivity contribution in [2.24, 2.45) is 10.2 Å². The van der Waals surface area contributed by atoms with Gasteiger partial charge in [-0.1, -0.05) is 29.8 Å². The lowest BCUT2D eigenvalue weighted by Gasteiger charge is -1.98. The second kappa shape index (κ2) is 5.76. The van der Waals surface area contributed by atoms with Crippen LogP contribution < -0.4 is 0 Å². The maximum atomic E-state index is 11.1. The molecule has 0 radical (unpaired) electrons. The Bertz CT molecular complexity index is 440. The zero-order chi connectivity index (χ0) is 13.0. The molecule has 0 saturated heterocycles. The molecule has 2 rings (SSSR count). The summed E-state index contributed by atoms with van der Waals surface area (Å²) in [6, 6.07) is 8.74. The van der Waals surface area contributed by atoms with Crippen molar-refractivity contribution >= 4 is 5.97 Å². The van der Waals surface area contributed by atoms with Crippen LogP contribution in [0.5, 0.6) is 0 Å². The summed E-state index contributed by atoms with van der Waals surface area (Å²) < 4.78 is 4.78. The number of rotatable bonds is 5. The lowest BCUT2D eigenvalue weighted by atomic mass is 10.1. The van der Waals surface area contributed by atoms with Gasteiger partial charge in [-0.3, -0.25) is 0 Å². The van der Waals surface area contributed by atoms with E-state index in [4.69, 9.17) is 4.74 Å². The zero-order valence-corrected chi connectivity index (χ0v) is 10.8. The lowest BCUT2D eigenvalue weighted by molar-refractivity contribution is -0.141. The van der Waals surface area contributed by atoms with Gasteiger partial charge >= 0.3 is 5.97 Å². The SMILES string of the molecule is CCOC(=O)CN=N[C@@H]1C[C@@H]1c1ccc(C)cc1. The van der Waals surface area contributed by atoms with E-state index in [0.717, 1.165) is 6.42 Å². The van der Waals surface area contributed by atoms with Crippen LogP contribution in [0.15, 0.2) is 34.5 Å². The van der Waals surface area contributed by atoms with Gasteiger partial charge in [-0.2, -0.15) is 10.2 Å². The smallest absolute Gasteiger partial charge is 0.329 e. The predicted octanol–water partition coefficient (Wildman–Crippen LogP) is 2.87. The van der Waals surface area contributed by atoms with Gasteiger partial charge in [0.1, 0.15) is 0 Å². The van der Waals surface area contributed by atoms with Gasteiger partial charge in [0.2, 0.25) is 0 Å². The van der Waals surface area contributed by atoms with E-state index >= 15 is 0 Å². The number of ether oxygens (including phenoxy) is 1. The molecule has 0 aliphatic heterocycles. The van der Waals surface area contributed by atoms with Crippen LogP contribution in [-0.2, 0) is 9.53 Å². The Morgan fingerprint density at radius 1 is 1.39 bits per heavy atom. The highest BCUT2D eigenvalue weighted by molar-refractivity contribution is 5.71. The van der Waals surface area contributed by atoms with Gasteiger partial charge in [-0.15, -0.1) is 0 Å². The minimum Gasteiger partial charge on any atom is -0.465 e. The van der Waals surface area contributed by atoms with Crippen molar-refractivity contribution < 1.29 is 9.53 Å².